The van der Waals surface area contributed by atoms with Gasteiger partial charge < -0.3 is 0 Å². The Hall–Kier alpha value is -1.85. The molecule has 0 bridgehead atoms. The first-order valence-corrected chi connectivity index (χ1v) is 8.71. The summed E-state index contributed by atoms with van der Waals surface area (Å²) in [7, 11) is -8.34. The topological polar surface area (TPSA) is 125 Å². The van der Waals surface area contributed by atoms with Crippen LogP contribution in [0.15, 0.2) is 21.4 Å². The average molecular weight is 351 g/mol. The van der Waals surface area contributed by atoms with Gasteiger partial charge in [-0.2, -0.15) is 8.42 Å². The van der Waals surface area contributed by atoms with E-state index in [1.165, 1.54) is 12.1 Å². The zero-order valence-corrected chi connectivity index (χ0v) is 12.7. The average Bonchev–Trinajstić information content (AvgIpc) is 2.28. The van der Waals surface area contributed by atoms with Crippen LogP contribution >= 0.6 is 11.6 Å². The lowest BCUT2D eigenvalue weighted by Crippen LogP contribution is -2.59. The number of benzene rings is 1. The number of amides is 2. The molecule has 0 radical (unpaired) electrons. The molecular formula is C9H7ClN4O5S2. The number of fused-ring (bicyclic) bond motifs is 3. The number of nitrogens with one attached hydrogen (secondary N) is 2. The predicted molar refractivity (Wildman–Crippen MR) is 73.9 cm³/mol. The van der Waals surface area contributed by atoms with E-state index in [0.717, 1.165) is 4.90 Å². The summed E-state index contributed by atoms with van der Waals surface area (Å²) in [6.45, 7) is 1.60. The maximum absolute atomic E-state index is 12.1. The number of aryl methyl sites for hydroxylation is 1. The van der Waals surface area contributed by atoms with Crippen molar-refractivity contribution in [2.24, 2.45) is 4.40 Å². The quantitative estimate of drug-likeness (QED) is 0.685. The lowest BCUT2D eigenvalue weighted by Gasteiger charge is -2.32. The molecule has 0 saturated heterocycles. The largest absolute Gasteiger partial charge is 0.349 e. The van der Waals surface area contributed by atoms with Crippen LogP contribution < -0.4 is 14.3 Å². The molecule has 0 spiro atoms. The van der Waals surface area contributed by atoms with Crippen molar-refractivity contribution in [1.29, 1.82) is 0 Å². The molecule has 0 atom stereocenters. The first-order valence-electron chi connectivity index (χ1n) is 5.40. The fourth-order valence-electron chi connectivity index (χ4n) is 1.93. The number of guanidine groups is 1. The van der Waals surface area contributed by atoms with Crippen molar-refractivity contribution >= 4 is 49.5 Å². The zero-order chi connectivity index (χ0) is 15.6. The molecule has 1 aromatic carbocycles. The Morgan fingerprint density at radius 2 is 1.86 bits per heavy atom. The molecule has 2 amide bonds. The number of carbonyl (C=O) groups is 1. The van der Waals surface area contributed by atoms with E-state index in [1.807, 2.05) is 4.72 Å². The van der Waals surface area contributed by atoms with E-state index in [1.54, 1.807) is 11.6 Å². The van der Waals surface area contributed by atoms with Crippen molar-refractivity contribution in [3.63, 3.8) is 0 Å². The van der Waals surface area contributed by atoms with E-state index < -0.39 is 32.2 Å². The normalized spacial score (nSPS) is 21.5. The summed E-state index contributed by atoms with van der Waals surface area (Å²) in [5.74, 6) is -0.619. The number of hydrogen-bond donors (Lipinski definition) is 2. The van der Waals surface area contributed by atoms with Crippen LogP contribution in [0.2, 0.25) is 5.02 Å². The maximum Gasteiger partial charge on any atom is 0.349 e. The second-order valence-corrected chi connectivity index (χ2v) is 7.70. The first-order chi connectivity index (χ1) is 9.61. The molecular weight excluding hydrogens is 344 g/mol. The summed E-state index contributed by atoms with van der Waals surface area (Å²) < 4.78 is 53.7. The number of nitrogens with zero attached hydrogens (tertiary/aromatic N) is 2. The third kappa shape index (κ3) is 2.13. The summed E-state index contributed by atoms with van der Waals surface area (Å²) in [5.41, 5.74) is 0.418. The van der Waals surface area contributed by atoms with Crippen LogP contribution in [0.1, 0.15) is 5.56 Å². The fraction of sp³-hybridized carbons (Fsp3) is 0.111. The van der Waals surface area contributed by atoms with Crippen molar-refractivity contribution in [3.8, 4) is 0 Å². The molecule has 2 aliphatic rings. The van der Waals surface area contributed by atoms with Crippen LogP contribution in [0.25, 0.3) is 0 Å². The number of urea groups is 1. The molecule has 3 rings (SSSR count). The smallest absolute Gasteiger partial charge is 0.247 e. The van der Waals surface area contributed by atoms with Crippen LogP contribution in [0.4, 0.5) is 10.5 Å². The third-order valence-corrected chi connectivity index (χ3v) is 5.44. The number of sulfonamides is 1. The van der Waals surface area contributed by atoms with Gasteiger partial charge in [-0.25, -0.2) is 27.6 Å². The van der Waals surface area contributed by atoms with Gasteiger partial charge in [-0.05, 0) is 24.6 Å². The van der Waals surface area contributed by atoms with Crippen molar-refractivity contribution in [2.45, 2.75) is 11.8 Å². The third-order valence-electron chi connectivity index (χ3n) is 2.83. The van der Waals surface area contributed by atoms with E-state index in [-0.39, 0.29) is 15.6 Å². The minimum atomic E-state index is -4.29. The molecule has 2 aliphatic heterocycles. The van der Waals surface area contributed by atoms with Crippen LogP contribution in [-0.2, 0) is 20.2 Å². The highest BCUT2D eigenvalue weighted by Crippen LogP contribution is 2.35. The molecule has 0 saturated carbocycles. The van der Waals surface area contributed by atoms with E-state index in [4.69, 9.17) is 11.6 Å². The van der Waals surface area contributed by atoms with Crippen molar-refractivity contribution in [1.82, 2.24) is 9.44 Å². The lowest BCUT2D eigenvalue weighted by molar-refractivity contribution is 0.253. The van der Waals surface area contributed by atoms with Crippen molar-refractivity contribution in [2.75, 3.05) is 4.90 Å². The van der Waals surface area contributed by atoms with Gasteiger partial charge in [0.1, 0.15) is 4.90 Å². The summed E-state index contributed by atoms with van der Waals surface area (Å²) in [6, 6.07) is 1.49. The van der Waals surface area contributed by atoms with Gasteiger partial charge in [0.05, 0.1) is 5.69 Å². The van der Waals surface area contributed by atoms with Gasteiger partial charge in [-0.3, -0.25) is 0 Å². The van der Waals surface area contributed by atoms with Crippen LogP contribution in [0, 0.1) is 6.92 Å². The number of carbonyl (C=O) groups excluding carboxylic acids is 1. The molecule has 1 aromatic rings. The highest BCUT2D eigenvalue weighted by atomic mass is 35.5. The van der Waals surface area contributed by atoms with E-state index >= 15 is 0 Å². The highest BCUT2D eigenvalue weighted by Gasteiger charge is 2.41. The number of hydrogen-bond acceptors (Lipinski definition) is 5. The zero-order valence-electron chi connectivity index (χ0n) is 10.3. The van der Waals surface area contributed by atoms with Crippen LogP contribution in [0.3, 0.4) is 0 Å². The molecule has 2 N–H and O–H groups in total. The number of halogens is 1. The summed E-state index contributed by atoms with van der Waals surface area (Å²) in [5, 5.41) is 0.228. The molecule has 0 aliphatic carbocycles. The van der Waals surface area contributed by atoms with E-state index in [9.17, 15) is 21.6 Å². The Morgan fingerprint density at radius 1 is 1.19 bits per heavy atom. The Morgan fingerprint density at radius 3 is 2.52 bits per heavy atom. The number of anilines is 1. The standard InChI is InChI=1S/C9H7ClN4O5S2/c1-4-2-7-6(3-5(4)10)14-8(11-20(7,16)17)12-21(18,19)13-9(14)15/h2-3H,1H3,(H,11,12)(H,13,15). The van der Waals surface area contributed by atoms with Gasteiger partial charge in [0.25, 0.3) is 10.0 Å². The molecule has 12 heteroatoms. The molecule has 0 unspecified atom stereocenters. The van der Waals surface area contributed by atoms with E-state index in [2.05, 4.69) is 4.40 Å². The molecule has 0 fully saturated rings. The SMILES string of the molecule is Cc1cc2c(cc1Cl)N1C(=O)NS(=O)(=O)N=C1NS2(=O)=O. The Bertz CT molecular complexity index is 922. The Kier molecular flexibility index (Phi) is 2.74. The van der Waals surface area contributed by atoms with Crippen LogP contribution in [0.5, 0.6) is 0 Å². The monoisotopic (exact) mass is 350 g/mol. The highest BCUT2D eigenvalue weighted by molar-refractivity contribution is 7.91. The van der Waals surface area contributed by atoms with E-state index in [0.29, 0.717) is 5.56 Å². The minimum absolute atomic E-state index is 0.0736. The molecule has 9 nitrogen and oxygen atoms in total. The van der Waals surface area contributed by atoms with Gasteiger partial charge in [0.2, 0.25) is 5.96 Å². The molecule has 0 aromatic heterocycles. The Labute approximate surface area is 124 Å². The van der Waals surface area contributed by atoms with Crippen LogP contribution in [-0.4, -0.2) is 28.8 Å². The van der Waals surface area contributed by atoms with Gasteiger partial charge in [0.15, 0.2) is 0 Å². The molecule has 112 valence electrons. The van der Waals surface area contributed by atoms with Crippen molar-refractivity contribution < 1.29 is 21.6 Å². The predicted octanol–water partition coefficient (Wildman–Crippen LogP) is 0.0707. The maximum atomic E-state index is 12.1. The van der Waals surface area contributed by atoms with Gasteiger partial charge in [-0.1, -0.05) is 11.6 Å². The molecule has 2 heterocycles. The lowest BCUT2D eigenvalue weighted by atomic mass is 10.2. The molecule has 21 heavy (non-hydrogen) atoms. The Balaban J connectivity index is 2.36. The van der Waals surface area contributed by atoms with Gasteiger partial charge >= 0.3 is 16.2 Å². The summed E-state index contributed by atoms with van der Waals surface area (Å²) >= 11 is 5.94. The summed E-state index contributed by atoms with van der Waals surface area (Å²) in [6.07, 6.45) is 0. The van der Waals surface area contributed by atoms with Gasteiger partial charge in [0, 0.05) is 5.02 Å². The number of rotatable bonds is 0. The second kappa shape index (κ2) is 4.08. The minimum Gasteiger partial charge on any atom is -0.247 e. The summed E-state index contributed by atoms with van der Waals surface area (Å²) in [4.78, 5) is 12.5. The second-order valence-electron chi connectivity index (χ2n) is 4.31. The van der Waals surface area contributed by atoms with Crippen molar-refractivity contribution in [3.05, 3.63) is 22.7 Å². The van der Waals surface area contributed by atoms with Gasteiger partial charge in [-0.15, -0.1) is 4.40 Å². The fourth-order valence-corrected chi connectivity index (χ4v) is 4.10. The first kappa shape index (κ1) is 14.1.